The molecular formula is C13H17F2NO. The van der Waals surface area contributed by atoms with E-state index in [4.69, 9.17) is 5.73 Å². The monoisotopic (exact) mass is 241 g/mol. The molecule has 1 unspecified atom stereocenters. The van der Waals surface area contributed by atoms with Gasteiger partial charge in [-0.3, -0.25) is 4.79 Å². The summed E-state index contributed by atoms with van der Waals surface area (Å²) < 4.78 is 25.9. The van der Waals surface area contributed by atoms with Crippen molar-refractivity contribution < 1.29 is 13.6 Å². The number of benzene rings is 1. The number of hydrogen-bond donors (Lipinski definition) is 1. The maximum Gasteiger partial charge on any atom is 0.138 e. The molecule has 1 aromatic rings. The fraction of sp³-hybridized carbons (Fsp3) is 0.462. The van der Waals surface area contributed by atoms with Crippen LogP contribution in [-0.4, -0.2) is 11.8 Å². The lowest BCUT2D eigenvalue weighted by atomic mass is 9.96. The molecule has 0 heterocycles. The summed E-state index contributed by atoms with van der Waals surface area (Å²) in [5.41, 5.74) is 5.97. The molecular weight excluding hydrogens is 224 g/mol. The quantitative estimate of drug-likeness (QED) is 0.860. The number of Topliss-reactive ketones (excluding diaryl/α,β-unsaturated/α-hetero) is 1. The van der Waals surface area contributed by atoms with Gasteiger partial charge in [0.1, 0.15) is 17.4 Å². The maximum atomic E-state index is 13.3. The molecule has 0 saturated carbocycles. The Morgan fingerprint density at radius 2 is 2.00 bits per heavy atom. The summed E-state index contributed by atoms with van der Waals surface area (Å²) in [6, 6.07) is 3.01. The van der Waals surface area contributed by atoms with E-state index in [1.54, 1.807) is 0 Å². The number of rotatable bonds is 5. The molecule has 2 N–H and O–H groups in total. The van der Waals surface area contributed by atoms with Gasteiger partial charge in [-0.15, -0.1) is 0 Å². The van der Waals surface area contributed by atoms with Crippen molar-refractivity contribution in [2.75, 3.05) is 0 Å². The Morgan fingerprint density at radius 1 is 1.35 bits per heavy atom. The first-order chi connectivity index (χ1) is 7.90. The van der Waals surface area contributed by atoms with Crippen molar-refractivity contribution in [2.45, 2.75) is 32.7 Å². The summed E-state index contributed by atoms with van der Waals surface area (Å²) in [5, 5.41) is 0. The molecule has 0 aliphatic heterocycles. The zero-order chi connectivity index (χ0) is 13.0. The van der Waals surface area contributed by atoms with Gasteiger partial charge in [0.2, 0.25) is 0 Å². The van der Waals surface area contributed by atoms with Gasteiger partial charge in [-0.1, -0.05) is 19.9 Å². The molecule has 2 nitrogen and oxygen atoms in total. The highest BCUT2D eigenvalue weighted by Crippen LogP contribution is 2.12. The normalized spacial score (nSPS) is 12.8. The average Bonchev–Trinajstić information content (AvgIpc) is 2.22. The fourth-order valence-electron chi connectivity index (χ4n) is 1.45. The Bertz CT molecular complexity index is 404. The first kappa shape index (κ1) is 13.8. The zero-order valence-corrected chi connectivity index (χ0v) is 10.0. The van der Waals surface area contributed by atoms with Crippen LogP contribution in [0.3, 0.4) is 0 Å². The zero-order valence-electron chi connectivity index (χ0n) is 10.0. The number of carbonyl (C=O) groups excluding carboxylic acids is 1. The third-order valence-corrected chi connectivity index (χ3v) is 2.72. The molecule has 0 fully saturated rings. The van der Waals surface area contributed by atoms with Crippen LogP contribution in [0.25, 0.3) is 0 Å². The summed E-state index contributed by atoms with van der Waals surface area (Å²) >= 11 is 0. The first-order valence-electron chi connectivity index (χ1n) is 5.61. The van der Waals surface area contributed by atoms with Crippen molar-refractivity contribution in [3.63, 3.8) is 0 Å². The van der Waals surface area contributed by atoms with Crippen LogP contribution in [0.2, 0.25) is 0 Å². The lowest BCUT2D eigenvalue weighted by Crippen LogP contribution is -2.29. The van der Waals surface area contributed by atoms with Crippen molar-refractivity contribution in [3.05, 3.63) is 35.4 Å². The molecule has 1 atom stereocenters. The predicted octanol–water partition coefficient (Wildman–Crippen LogP) is 2.45. The summed E-state index contributed by atoms with van der Waals surface area (Å²) in [6.45, 7) is 3.85. The van der Waals surface area contributed by atoms with Gasteiger partial charge in [0.05, 0.1) is 0 Å². The second kappa shape index (κ2) is 5.87. The lowest BCUT2D eigenvalue weighted by molar-refractivity contribution is -0.119. The minimum atomic E-state index is -0.684. The second-order valence-electron chi connectivity index (χ2n) is 4.56. The van der Waals surface area contributed by atoms with Crippen LogP contribution < -0.4 is 5.73 Å². The minimum absolute atomic E-state index is 0.0352. The average molecular weight is 241 g/mol. The smallest absolute Gasteiger partial charge is 0.138 e. The highest BCUT2D eigenvalue weighted by Gasteiger charge is 2.15. The molecule has 94 valence electrons. The highest BCUT2D eigenvalue weighted by molar-refractivity contribution is 5.81. The van der Waals surface area contributed by atoms with Crippen molar-refractivity contribution in [1.82, 2.24) is 0 Å². The number of hydrogen-bond acceptors (Lipinski definition) is 2. The standard InChI is InChI=1S/C13H17F2NO/c1-8(2)13(16)7-11(17)5-9-3-4-10(14)6-12(9)15/h3-4,6,8,13H,5,7,16H2,1-2H3. The summed E-state index contributed by atoms with van der Waals surface area (Å²) in [4.78, 5) is 11.6. The fourth-order valence-corrected chi connectivity index (χ4v) is 1.45. The molecule has 0 aromatic heterocycles. The molecule has 0 bridgehead atoms. The van der Waals surface area contributed by atoms with Crippen LogP contribution in [0, 0.1) is 17.6 Å². The van der Waals surface area contributed by atoms with Crippen molar-refractivity contribution in [3.8, 4) is 0 Å². The topological polar surface area (TPSA) is 43.1 Å². The summed E-state index contributed by atoms with van der Waals surface area (Å²) in [6.07, 6.45) is 0.182. The Morgan fingerprint density at radius 3 is 2.53 bits per heavy atom. The molecule has 0 amide bonds. The van der Waals surface area contributed by atoms with Gasteiger partial charge in [-0.25, -0.2) is 8.78 Å². The van der Waals surface area contributed by atoms with E-state index in [0.717, 1.165) is 12.1 Å². The lowest BCUT2D eigenvalue weighted by Gasteiger charge is -2.14. The van der Waals surface area contributed by atoms with E-state index in [9.17, 15) is 13.6 Å². The van der Waals surface area contributed by atoms with Gasteiger partial charge >= 0.3 is 0 Å². The molecule has 0 aliphatic rings. The van der Waals surface area contributed by atoms with E-state index in [2.05, 4.69) is 0 Å². The minimum Gasteiger partial charge on any atom is -0.327 e. The van der Waals surface area contributed by atoms with Gasteiger partial charge in [-0.05, 0) is 17.5 Å². The molecule has 0 radical (unpaired) electrons. The molecule has 0 saturated heterocycles. The summed E-state index contributed by atoms with van der Waals surface area (Å²) in [5.74, 6) is -1.25. The molecule has 1 rings (SSSR count). The number of nitrogens with two attached hydrogens (primary N) is 1. The Hall–Kier alpha value is -1.29. The van der Waals surface area contributed by atoms with Crippen molar-refractivity contribution in [2.24, 2.45) is 11.7 Å². The maximum absolute atomic E-state index is 13.3. The van der Waals surface area contributed by atoms with E-state index in [0.29, 0.717) is 0 Å². The predicted molar refractivity (Wildman–Crippen MR) is 62.5 cm³/mol. The molecule has 17 heavy (non-hydrogen) atoms. The van der Waals surface area contributed by atoms with Crippen LogP contribution in [0.15, 0.2) is 18.2 Å². The van der Waals surface area contributed by atoms with E-state index < -0.39 is 11.6 Å². The molecule has 0 spiro atoms. The third-order valence-electron chi connectivity index (χ3n) is 2.72. The van der Waals surface area contributed by atoms with E-state index in [1.165, 1.54) is 6.07 Å². The van der Waals surface area contributed by atoms with Gasteiger partial charge < -0.3 is 5.73 Å². The van der Waals surface area contributed by atoms with Crippen LogP contribution in [0.1, 0.15) is 25.8 Å². The van der Waals surface area contributed by atoms with Crippen LogP contribution in [0.4, 0.5) is 8.78 Å². The Labute approximate surface area is 99.8 Å². The van der Waals surface area contributed by atoms with E-state index in [1.807, 2.05) is 13.8 Å². The number of halogens is 2. The van der Waals surface area contributed by atoms with E-state index >= 15 is 0 Å². The van der Waals surface area contributed by atoms with Gasteiger partial charge in [0, 0.05) is 24.9 Å². The largest absolute Gasteiger partial charge is 0.327 e. The van der Waals surface area contributed by atoms with Crippen LogP contribution >= 0.6 is 0 Å². The molecule has 1 aromatic carbocycles. The van der Waals surface area contributed by atoms with E-state index in [-0.39, 0.29) is 36.1 Å². The first-order valence-corrected chi connectivity index (χ1v) is 5.61. The number of ketones is 1. The molecule has 0 aliphatic carbocycles. The number of carbonyl (C=O) groups is 1. The van der Waals surface area contributed by atoms with Crippen LogP contribution in [-0.2, 0) is 11.2 Å². The third kappa shape index (κ3) is 4.23. The highest BCUT2D eigenvalue weighted by atomic mass is 19.1. The SMILES string of the molecule is CC(C)C(N)CC(=O)Cc1ccc(F)cc1F. The van der Waals surface area contributed by atoms with Gasteiger partial charge in [0.25, 0.3) is 0 Å². The summed E-state index contributed by atoms with van der Waals surface area (Å²) in [7, 11) is 0. The van der Waals surface area contributed by atoms with Crippen molar-refractivity contribution in [1.29, 1.82) is 0 Å². The van der Waals surface area contributed by atoms with Gasteiger partial charge in [-0.2, -0.15) is 0 Å². The Kier molecular flexibility index (Phi) is 4.75. The van der Waals surface area contributed by atoms with Gasteiger partial charge in [0.15, 0.2) is 0 Å². The van der Waals surface area contributed by atoms with Crippen molar-refractivity contribution >= 4 is 5.78 Å². The Balaban J connectivity index is 2.62. The molecule has 4 heteroatoms. The van der Waals surface area contributed by atoms with Crippen LogP contribution in [0.5, 0.6) is 0 Å². The second-order valence-corrected chi connectivity index (χ2v) is 4.56.